The number of hydrogen-bond acceptors (Lipinski definition) is 3. The second kappa shape index (κ2) is 4.78. The van der Waals surface area contributed by atoms with Crippen LogP contribution in [0.2, 0.25) is 0 Å². The van der Waals surface area contributed by atoms with Crippen molar-refractivity contribution >= 4 is 17.2 Å². The molecule has 3 nitrogen and oxygen atoms in total. The van der Waals surface area contributed by atoms with Gasteiger partial charge < -0.3 is 10.2 Å². The lowest BCUT2D eigenvalue weighted by atomic mass is 10.2. The highest BCUT2D eigenvalue weighted by atomic mass is 15.1. The molecule has 0 atom stereocenters. The summed E-state index contributed by atoms with van der Waals surface area (Å²) < 4.78 is 0. The lowest BCUT2D eigenvalue weighted by Crippen LogP contribution is -2.17. The largest absolute Gasteiger partial charge is 0.372 e. The maximum absolute atomic E-state index is 4.43. The van der Waals surface area contributed by atoms with E-state index in [0.29, 0.717) is 0 Å². The summed E-state index contributed by atoms with van der Waals surface area (Å²) in [4.78, 5) is 6.88. The zero-order chi connectivity index (χ0) is 11.5. The zero-order valence-corrected chi connectivity index (χ0v) is 10.2. The fraction of sp³-hybridized carbons (Fsp3) is 0.500. The summed E-state index contributed by atoms with van der Waals surface area (Å²) in [5.41, 5.74) is 2.51. The molecule has 0 amide bonds. The average molecular weight is 229 g/mol. The highest BCUT2D eigenvalue weighted by molar-refractivity contribution is 5.96. The van der Waals surface area contributed by atoms with Gasteiger partial charge in [-0.3, -0.25) is 4.99 Å². The molecule has 0 bridgehead atoms. The Labute approximate surface area is 103 Å². The van der Waals surface area contributed by atoms with Crippen LogP contribution in [-0.4, -0.2) is 25.5 Å². The Kier molecular flexibility index (Phi) is 2.99. The van der Waals surface area contributed by atoms with Gasteiger partial charge in [0.25, 0.3) is 0 Å². The molecule has 0 aliphatic carbocycles. The molecular formula is C14H19N3. The minimum Gasteiger partial charge on any atom is -0.372 e. The fourth-order valence-corrected chi connectivity index (χ4v) is 2.54. The molecule has 1 aromatic carbocycles. The van der Waals surface area contributed by atoms with Gasteiger partial charge in [-0.2, -0.15) is 0 Å². The smallest absolute Gasteiger partial charge is 0.101 e. The minimum absolute atomic E-state index is 0.980. The van der Waals surface area contributed by atoms with Crippen LogP contribution in [0, 0.1) is 0 Å². The van der Waals surface area contributed by atoms with Gasteiger partial charge in [0.15, 0.2) is 0 Å². The third-order valence-corrected chi connectivity index (χ3v) is 3.50. The zero-order valence-electron chi connectivity index (χ0n) is 10.2. The van der Waals surface area contributed by atoms with E-state index in [2.05, 4.69) is 39.5 Å². The Balaban J connectivity index is 1.66. The highest BCUT2D eigenvalue weighted by Gasteiger charge is 2.12. The van der Waals surface area contributed by atoms with E-state index in [1.165, 1.54) is 38.0 Å². The number of aliphatic imine (C=N–C) groups is 1. The molecule has 0 aromatic heterocycles. The molecule has 90 valence electrons. The van der Waals surface area contributed by atoms with Crippen LogP contribution in [-0.2, 0) is 0 Å². The standard InChI is InChI=1S/C14H19N3/c1-2-11-17(10-1)13-7-5-12(6-8-13)16-14-4-3-9-15-14/h5-8H,1-4,9-11H2,(H,15,16). The molecule has 17 heavy (non-hydrogen) atoms. The number of hydrogen-bond donors (Lipinski definition) is 1. The third-order valence-electron chi connectivity index (χ3n) is 3.50. The van der Waals surface area contributed by atoms with Crippen molar-refractivity contribution in [3.05, 3.63) is 24.3 Å². The Bertz CT molecular complexity index is 402. The molecule has 2 aliphatic rings. The van der Waals surface area contributed by atoms with Gasteiger partial charge >= 0.3 is 0 Å². The van der Waals surface area contributed by atoms with Crippen molar-refractivity contribution in [1.82, 2.24) is 0 Å². The normalized spacial score (nSPS) is 19.5. The molecule has 1 fully saturated rings. The lowest BCUT2D eigenvalue weighted by Gasteiger charge is -2.17. The van der Waals surface area contributed by atoms with Crippen LogP contribution in [0.4, 0.5) is 11.4 Å². The molecule has 0 spiro atoms. The average Bonchev–Trinajstić information content (AvgIpc) is 3.01. The van der Waals surface area contributed by atoms with E-state index >= 15 is 0 Å². The lowest BCUT2D eigenvalue weighted by molar-refractivity contribution is 0.949. The van der Waals surface area contributed by atoms with Crippen molar-refractivity contribution in [3.63, 3.8) is 0 Å². The van der Waals surface area contributed by atoms with Gasteiger partial charge in [0.05, 0.1) is 0 Å². The first kappa shape index (κ1) is 10.6. The van der Waals surface area contributed by atoms with Crippen LogP contribution in [0.25, 0.3) is 0 Å². The van der Waals surface area contributed by atoms with Crippen LogP contribution in [0.3, 0.4) is 0 Å². The molecule has 0 saturated carbocycles. The summed E-state index contributed by atoms with van der Waals surface area (Å²) in [6.07, 6.45) is 4.94. The molecule has 3 rings (SSSR count). The summed E-state index contributed by atoms with van der Waals surface area (Å²) in [6, 6.07) is 8.75. The van der Waals surface area contributed by atoms with Crippen molar-refractivity contribution in [2.24, 2.45) is 4.99 Å². The topological polar surface area (TPSA) is 27.6 Å². The fourth-order valence-electron chi connectivity index (χ4n) is 2.54. The molecular weight excluding hydrogens is 210 g/mol. The van der Waals surface area contributed by atoms with Crippen molar-refractivity contribution in [1.29, 1.82) is 0 Å². The summed E-state index contributed by atoms with van der Waals surface area (Å²) >= 11 is 0. The van der Waals surface area contributed by atoms with Gasteiger partial charge in [-0.05, 0) is 43.5 Å². The minimum atomic E-state index is 0.980. The number of rotatable bonds is 2. The first-order valence-electron chi connectivity index (χ1n) is 6.57. The quantitative estimate of drug-likeness (QED) is 0.844. The van der Waals surface area contributed by atoms with Crippen molar-refractivity contribution in [2.75, 3.05) is 29.9 Å². The number of nitrogens with zero attached hydrogens (tertiary/aromatic N) is 2. The summed E-state index contributed by atoms with van der Waals surface area (Å²) in [5.74, 6) is 1.14. The Morgan fingerprint density at radius 2 is 1.76 bits per heavy atom. The molecule has 0 unspecified atom stereocenters. The van der Waals surface area contributed by atoms with Gasteiger partial charge in [-0.1, -0.05) is 0 Å². The predicted molar refractivity (Wildman–Crippen MR) is 73.0 cm³/mol. The predicted octanol–water partition coefficient (Wildman–Crippen LogP) is 2.89. The van der Waals surface area contributed by atoms with E-state index in [1.807, 2.05) is 0 Å². The number of amidine groups is 1. The van der Waals surface area contributed by atoms with E-state index in [4.69, 9.17) is 0 Å². The van der Waals surface area contributed by atoms with E-state index in [1.54, 1.807) is 0 Å². The van der Waals surface area contributed by atoms with Gasteiger partial charge in [0.1, 0.15) is 5.84 Å². The number of nitrogens with one attached hydrogen (secondary N) is 1. The van der Waals surface area contributed by atoms with E-state index in [-0.39, 0.29) is 0 Å². The summed E-state index contributed by atoms with van der Waals surface area (Å²) in [6.45, 7) is 3.40. The first-order chi connectivity index (χ1) is 8.42. The summed E-state index contributed by atoms with van der Waals surface area (Å²) in [7, 11) is 0. The Hall–Kier alpha value is -1.51. The molecule has 2 heterocycles. The van der Waals surface area contributed by atoms with Crippen molar-refractivity contribution < 1.29 is 0 Å². The van der Waals surface area contributed by atoms with Gasteiger partial charge in [-0.25, -0.2) is 0 Å². The van der Waals surface area contributed by atoms with Crippen molar-refractivity contribution in [2.45, 2.75) is 25.7 Å². The number of anilines is 2. The number of benzene rings is 1. The molecule has 1 aromatic rings. The van der Waals surface area contributed by atoms with Crippen LogP contribution in [0.15, 0.2) is 29.3 Å². The summed E-state index contributed by atoms with van der Waals surface area (Å²) in [5, 5.41) is 3.39. The van der Waals surface area contributed by atoms with Crippen molar-refractivity contribution in [3.8, 4) is 0 Å². The third kappa shape index (κ3) is 2.43. The Morgan fingerprint density at radius 1 is 1.00 bits per heavy atom. The van der Waals surface area contributed by atoms with Crippen LogP contribution < -0.4 is 10.2 Å². The molecule has 1 N–H and O–H groups in total. The monoisotopic (exact) mass is 229 g/mol. The first-order valence-corrected chi connectivity index (χ1v) is 6.57. The van der Waals surface area contributed by atoms with Crippen LogP contribution in [0.5, 0.6) is 0 Å². The Morgan fingerprint density at radius 3 is 2.41 bits per heavy atom. The molecule has 1 saturated heterocycles. The van der Waals surface area contributed by atoms with Gasteiger partial charge in [0.2, 0.25) is 0 Å². The second-order valence-corrected chi connectivity index (χ2v) is 4.80. The molecule has 3 heteroatoms. The molecule has 0 radical (unpaired) electrons. The van der Waals surface area contributed by atoms with E-state index in [0.717, 1.165) is 24.5 Å². The van der Waals surface area contributed by atoms with Crippen LogP contribution in [0.1, 0.15) is 25.7 Å². The van der Waals surface area contributed by atoms with Gasteiger partial charge in [-0.15, -0.1) is 0 Å². The van der Waals surface area contributed by atoms with E-state index < -0.39 is 0 Å². The maximum Gasteiger partial charge on any atom is 0.101 e. The highest BCUT2D eigenvalue weighted by Crippen LogP contribution is 2.22. The van der Waals surface area contributed by atoms with Crippen LogP contribution >= 0.6 is 0 Å². The SMILES string of the molecule is c1cc(N2CCCC2)ccc1NC1=NCCC1. The second-order valence-electron chi connectivity index (χ2n) is 4.80. The molecule has 2 aliphatic heterocycles. The van der Waals surface area contributed by atoms with E-state index in [9.17, 15) is 0 Å². The van der Waals surface area contributed by atoms with Gasteiger partial charge in [0, 0.05) is 37.4 Å². The maximum atomic E-state index is 4.43.